The molecule has 0 aliphatic heterocycles. The zero-order valence-electron chi connectivity index (χ0n) is 12.8. The molecule has 2 aromatic carbocycles. The van der Waals surface area contributed by atoms with Crippen LogP contribution in [0.25, 0.3) is 0 Å². The van der Waals surface area contributed by atoms with Crippen molar-refractivity contribution in [3.63, 3.8) is 0 Å². The number of nitrogens with one attached hydrogen (secondary N) is 1. The Hall–Kier alpha value is -1.68. The summed E-state index contributed by atoms with van der Waals surface area (Å²) in [5.74, 6) is 1.58. The lowest BCUT2D eigenvalue weighted by atomic mass is 10.1. The van der Waals surface area contributed by atoms with E-state index in [0.717, 1.165) is 27.2 Å². The third-order valence-electron chi connectivity index (χ3n) is 3.26. The lowest BCUT2D eigenvalue weighted by molar-refractivity contribution is 0.390. The van der Waals surface area contributed by atoms with Crippen LogP contribution in [-0.2, 0) is 6.54 Å². The fourth-order valence-electron chi connectivity index (χ4n) is 2.33. The minimum atomic E-state index is 0.689. The van der Waals surface area contributed by atoms with Gasteiger partial charge >= 0.3 is 0 Å². The molecule has 0 bridgehead atoms. The van der Waals surface area contributed by atoms with Crippen LogP contribution in [0.15, 0.2) is 34.8 Å². The second-order valence-electron chi connectivity index (χ2n) is 5.03. The van der Waals surface area contributed by atoms with Crippen molar-refractivity contribution in [1.29, 1.82) is 0 Å². The predicted molar refractivity (Wildman–Crippen MR) is 90.5 cm³/mol. The molecule has 0 heterocycles. The van der Waals surface area contributed by atoms with E-state index in [-0.39, 0.29) is 0 Å². The molecule has 0 saturated heterocycles. The molecule has 0 aromatic heterocycles. The molecule has 3 nitrogen and oxygen atoms in total. The molecule has 0 radical (unpaired) electrons. The Labute approximate surface area is 134 Å². The van der Waals surface area contributed by atoms with Crippen molar-refractivity contribution >= 4 is 21.6 Å². The first kappa shape index (κ1) is 15.7. The summed E-state index contributed by atoms with van der Waals surface area (Å²) in [6.07, 6.45) is 0. The summed E-state index contributed by atoms with van der Waals surface area (Å²) >= 11 is 3.51. The van der Waals surface area contributed by atoms with Crippen molar-refractivity contribution < 1.29 is 9.47 Å². The Kier molecular flexibility index (Phi) is 5.12. The molecule has 0 aliphatic carbocycles. The normalized spacial score (nSPS) is 10.3. The molecule has 0 unspecified atom stereocenters. The van der Waals surface area contributed by atoms with Crippen molar-refractivity contribution in [3.05, 3.63) is 51.5 Å². The van der Waals surface area contributed by atoms with E-state index in [1.807, 2.05) is 12.1 Å². The Morgan fingerprint density at radius 2 is 1.52 bits per heavy atom. The molecule has 0 amide bonds. The van der Waals surface area contributed by atoms with E-state index in [1.165, 1.54) is 11.1 Å². The monoisotopic (exact) mass is 349 g/mol. The predicted octanol–water partition coefficient (Wildman–Crippen LogP) is 4.70. The van der Waals surface area contributed by atoms with E-state index in [2.05, 4.69) is 53.3 Å². The van der Waals surface area contributed by atoms with Crippen LogP contribution in [-0.4, -0.2) is 14.2 Å². The van der Waals surface area contributed by atoms with Gasteiger partial charge < -0.3 is 14.8 Å². The molecule has 2 rings (SSSR count). The van der Waals surface area contributed by atoms with Gasteiger partial charge in [-0.05, 0) is 59.1 Å². The first-order valence-electron chi connectivity index (χ1n) is 6.76. The maximum atomic E-state index is 5.44. The van der Waals surface area contributed by atoms with E-state index in [9.17, 15) is 0 Å². The average Bonchev–Trinajstić information content (AvgIpc) is 2.44. The van der Waals surface area contributed by atoms with Gasteiger partial charge in [0.25, 0.3) is 0 Å². The van der Waals surface area contributed by atoms with Crippen LogP contribution in [0.1, 0.15) is 16.7 Å². The summed E-state index contributed by atoms with van der Waals surface area (Å²) in [5, 5.41) is 3.44. The zero-order chi connectivity index (χ0) is 15.4. The number of aryl methyl sites for hydroxylation is 2. The summed E-state index contributed by atoms with van der Waals surface area (Å²) < 4.78 is 11.6. The lowest BCUT2D eigenvalue weighted by Crippen LogP contribution is -2.03. The van der Waals surface area contributed by atoms with E-state index in [0.29, 0.717) is 6.54 Å². The second-order valence-corrected chi connectivity index (χ2v) is 5.88. The van der Waals surface area contributed by atoms with Gasteiger partial charge in [0.2, 0.25) is 0 Å². The number of hydrogen-bond donors (Lipinski definition) is 1. The molecule has 4 heteroatoms. The maximum absolute atomic E-state index is 5.44. The van der Waals surface area contributed by atoms with Crippen LogP contribution in [0.5, 0.6) is 11.5 Å². The third kappa shape index (κ3) is 3.91. The van der Waals surface area contributed by atoms with Gasteiger partial charge in [-0.3, -0.25) is 0 Å². The molecule has 0 saturated carbocycles. The highest BCUT2D eigenvalue weighted by atomic mass is 79.9. The van der Waals surface area contributed by atoms with Crippen molar-refractivity contribution in [3.8, 4) is 11.5 Å². The molecular formula is C17H20BrNO2. The van der Waals surface area contributed by atoms with Crippen LogP contribution in [0, 0.1) is 13.8 Å². The van der Waals surface area contributed by atoms with Gasteiger partial charge in [-0.1, -0.05) is 6.07 Å². The van der Waals surface area contributed by atoms with Crippen LogP contribution in [0.3, 0.4) is 0 Å². The van der Waals surface area contributed by atoms with E-state index in [4.69, 9.17) is 9.47 Å². The molecule has 21 heavy (non-hydrogen) atoms. The fourth-order valence-corrected chi connectivity index (χ4v) is 2.89. The van der Waals surface area contributed by atoms with Gasteiger partial charge in [0.15, 0.2) is 0 Å². The molecule has 1 N–H and O–H groups in total. The Morgan fingerprint density at radius 1 is 0.905 bits per heavy atom. The van der Waals surface area contributed by atoms with Crippen molar-refractivity contribution in [2.24, 2.45) is 0 Å². The second kappa shape index (κ2) is 6.85. The van der Waals surface area contributed by atoms with Crippen molar-refractivity contribution in [1.82, 2.24) is 0 Å². The number of halogens is 1. The summed E-state index contributed by atoms with van der Waals surface area (Å²) in [6.45, 7) is 4.89. The highest BCUT2D eigenvalue weighted by molar-refractivity contribution is 9.10. The van der Waals surface area contributed by atoms with E-state index < -0.39 is 0 Å². The van der Waals surface area contributed by atoms with E-state index >= 15 is 0 Å². The minimum absolute atomic E-state index is 0.689. The Balaban J connectivity index is 2.21. The summed E-state index contributed by atoms with van der Waals surface area (Å²) in [6, 6.07) is 10.3. The highest BCUT2D eigenvalue weighted by Crippen LogP contribution is 2.33. The van der Waals surface area contributed by atoms with Gasteiger partial charge in [0.1, 0.15) is 11.5 Å². The van der Waals surface area contributed by atoms with Crippen molar-refractivity contribution in [2.75, 3.05) is 19.5 Å². The summed E-state index contributed by atoms with van der Waals surface area (Å²) in [4.78, 5) is 0. The molecule has 112 valence electrons. The van der Waals surface area contributed by atoms with Crippen molar-refractivity contribution in [2.45, 2.75) is 20.4 Å². The lowest BCUT2D eigenvalue weighted by Gasteiger charge is -2.14. The average molecular weight is 350 g/mol. The Bertz CT molecular complexity index is 621. The van der Waals surface area contributed by atoms with Crippen LogP contribution in [0.2, 0.25) is 0 Å². The quantitative estimate of drug-likeness (QED) is 0.848. The van der Waals surface area contributed by atoms with Gasteiger partial charge in [-0.25, -0.2) is 0 Å². The van der Waals surface area contributed by atoms with Crippen LogP contribution >= 0.6 is 15.9 Å². The summed E-state index contributed by atoms with van der Waals surface area (Å²) in [7, 11) is 3.32. The first-order chi connectivity index (χ1) is 10.0. The minimum Gasteiger partial charge on any atom is -0.496 e. The van der Waals surface area contributed by atoms with Gasteiger partial charge in [0, 0.05) is 23.9 Å². The standard InChI is InChI=1S/C17H20BrNO2/c1-11-5-12(2)7-14(6-11)19-10-13-8-15(18)17(21-4)9-16(13)20-3/h5-9,19H,10H2,1-4H3. The molecular weight excluding hydrogens is 330 g/mol. The molecule has 0 atom stereocenters. The largest absolute Gasteiger partial charge is 0.496 e. The number of benzene rings is 2. The molecule has 0 aliphatic rings. The zero-order valence-corrected chi connectivity index (χ0v) is 14.4. The topological polar surface area (TPSA) is 30.5 Å². The maximum Gasteiger partial charge on any atom is 0.136 e. The molecule has 0 spiro atoms. The molecule has 0 fully saturated rings. The van der Waals surface area contributed by atoms with Gasteiger partial charge in [0.05, 0.1) is 18.7 Å². The number of methoxy groups -OCH3 is 2. The van der Waals surface area contributed by atoms with E-state index in [1.54, 1.807) is 14.2 Å². The number of rotatable bonds is 5. The van der Waals surface area contributed by atoms with Gasteiger partial charge in [-0.2, -0.15) is 0 Å². The Morgan fingerprint density at radius 3 is 2.10 bits per heavy atom. The van der Waals surface area contributed by atoms with Crippen LogP contribution < -0.4 is 14.8 Å². The van der Waals surface area contributed by atoms with Crippen LogP contribution in [0.4, 0.5) is 5.69 Å². The van der Waals surface area contributed by atoms with Gasteiger partial charge in [-0.15, -0.1) is 0 Å². The highest BCUT2D eigenvalue weighted by Gasteiger charge is 2.09. The third-order valence-corrected chi connectivity index (χ3v) is 3.88. The number of hydrogen-bond acceptors (Lipinski definition) is 3. The first-order valence-corrected chi connectivity index (χ1v) is 7.55. The SMILES string of the molecule is COc1cc(OC)c(CNc2cc(C)cc(C)c2)cc1Br. The fraction of sp³-hybridized carbons (Fsp3) is 0.294. The number of ether oxygens (including phenoxy) is 2. The number of anilines is 1. The molecule has 2 aromatic rings. The smallest absolute Gasteiger partial charge is 0.136 e. The summed E-state index contributed by atoms with van der Waals surface area (Å²) in [5.41, 5.74) is 4.69.